The van der Waals surface area contributed by atoms with Crippen LogP contribution in [0.15, 0.2) is 64.2 Å². The van der Waals surface area contributed by atoms with Gasteiger partial charge in [0.2, 0.25) is 11.8 Å². The van der Waals surface area contributed by atoms with E-state index in [2.05, 4.69) is 15.5 Å². The van der Waals surface area contributed by atoms with Crippen LogP contribution in [0.5, 0.6) is 0 Å². The summed E-state index contributed by atoms with van der Waals surface area (Å²) in [5.74, 6) is 0.305. The van der Waals surface area contributed by atoms with Crippen LogP contribution in [0, 0.1) is 0 Å². The monoisotopic (exact) mass is 388 g/mol. The Hall–Kier alpha value is -2.35. The van der Waals surface area contributed by atoms with Gasteiger partial charge >= 0.3 is 0 Å². The molecule has 0 radical (unpaired) electrons. The number of halogens is 1. The van der Waals surface area contributed by atoms with Gasteiger partial charge in [0, 0.05) is 10.7 Å². The first kappa shape index (κ1) is 18.4. The Morgan fingerprint density at radius 3 is 2.77 bits per heavy atom. The number of nitrogens with one attached hydrogen (secondary N) is 1. The van der Waals surface area contributed by atoms with Gasteiger partial charge in [-0.05, 0) is 30.2 Å². The highest BCUT2D eigenvalue weighted by atomic mass is 35.5. The minimum absolute atomic E-state index is 0.141. The Labute approximate surface area is 160 Å². The van der Waals surface area contributed by atoms with Gasteiger partial charge in [-0.15, -0.1) is 10.2 Å². The van der Waals surface area contributed by atoms with Crippen molar-refractivity contribution in [2.24, 2.45) is 5.73 Å². The number of hydrogen-bond acceptors (Lipinski definition) is 6. The number of rotatable bonds is 7. The number of carbonyl (C=O) groups excluding carboxylic acids is 1. The van der Waals surface area contributed by atoms with Crippen LogP contribution in [0.4, 0.5) is 5.69 Å². The molecule has 2 aromatic carbocycles. The molecule has 1 amide bonds. The van der Waals surface area contributed by atoms with Crippen molar-refractivity contribution in [2.45, 2.75) is 17.7 Å². The van der Waals surface area contributed by atoms with Crippen LogP contribution in [-0.2, 0) is 11.2 Å². The van der Waals surface area contributed by atoms with E-state index in [9.17, 15) is 4.79 Å². The maximum atomic E-state index is 12.0. The van der Waals surface area contributed by atoms with Gasteiger partial charge in [-0.3, -0.25) is 4.79 Å². The van der Waals surface area contributed by atoms with Crippen molar-refractivity contribution in [1.29, 1.82) is 0 Å². The number of amides is 1. The number of hydrogen-bond donors (Lipinski definition) is 2. The second-order valence-corrected chi connectivity index (χ2v) is 6.91. The molecule has 1 atom stereocenters. The van der Waals surface area contributed by atoms with Crippen LogP contribution in [0.25, 0.3) is 0 Å². The molecular weight excluding hydrogens is 372 g/mol. The van der Waals surface area contributed by atoms with Crippen LogP contribution in [-0.4, -0.2) is 21.9 Å². The standard InChI is InChI=1S/C18H17ClN4O2S/c19-13-7-4-8-14(10-13)21-16(24)11-26-18-23-22-17(25-18)15(20)9-12-5-2-1-3-6-12/h1-8,10,15H,9,11,20H2,(H,21,24). The number of nitrogens with two attached hydrogens (primary N) is 1. The summed E-state index contributed by atoms with van der Waals surface area (Å²) in [7, 11) is 0. The lowest BCUT2D eigenvalue weighted by molar-refractivity contribution is -0.113. The molecule has 1 unspecified atom stereocenters. The van der Waals surface area contributed by atoms with E-state index in [4.69, 9.17) is 21.8 Å². The van der Waals surface area contributed by atoms with Gasteiger partial charge < -0.3 is 15.5 Å². The summed E-state index contributed by atoms with van der Waals surface area (Å²) in [6.07, 6.45) is 0.600. The first-order valence-electron chi connectivity index (χ1n) is 7.91. The highest BCUT2D eigenvalue weighted by Gasteiger charge is 2.16. The molecule has 0 bridgehead atoms. The van der Waals surface area contributed by atoms with Crippen molar-refractivity contribution in [2.75, 3.05) is 11.1 Å². The first-order valence-corrected chi connectivity index (χ1v) is 9.27. The average Bonchev–Trinajstić information content (AvgIpc) is 3.10. The minimum atomic E-state index is -0.389. The van der Waals surface area contributed by atoms with Gasteiger partial charge in [0.15, 0.2) is 0 Å². The van der Waals surface area contributed by atoms with Crippen LogP contribution in [0.3, 0.4) is 0 Å². The number of anilines is 1. The van der Waals surface area contributed by atoms with E-state index < -0.39 is 0 Å². The summed E-state index contributed by atoms with van der Waals surface area (Å²) in [5.41, 5.74) is 7.84. The predicted molar refractivity (Wildman–Crippen MR) is 102 cm³/mol. The van der Waals surface area contributed by atoms with Crippen LogP contribution in [0.1, 0.15) is 17.5 Å². The lowest BCUT2D eigenvalue weighted by Crippen LogP contribution is -2.14. The Morgan fingerprint density at radius 1 is 1.19 bits per heavy atom. The lowest BCUT2D eigenvalue weighted by Gasteiger charge is -2.06. The molecule has 26 heavy (non-hydrogen) atoms. The molecule has 1 heterocycles. The van der Waals surface area contributed by atoms with Gasteiger partial charge in [-0.2, -0.15) is 0 Å². The largest absolute Gasteiger partial charge is 0.414 e. The molecule has 0 spiro atoms. The lowest BCUT2D eigenvalue weighted by atomic mass is 10.1. The van der Waals surface area contributed by atoms with Crippen molar-refractivity contribution in [3.8, 4) is 0 Å². The summed E-state index contributed by atoms with van der Waals surface area (Å²) >= 11 is 7.05. The van der Waals surface area contributed by atoms with E-state index in [1.165, 1.54) is 0 Å². The number of aromatic nitrogens is 2. The van der Waals surface area contributed by atoms with Crippen molar-refractivity contribution < 1.29 is 9.21 Å². The highest BCUT2D eigenvalue weighted by molar-refractivity contribution is 7.99. The van der Waals surface area contributed by atoms with Crippen LogP contribution >= 0.6 is 23.4 Å². The van der Waals surface area contributed by atoms with Gasteiger partial charge in [-0.1, -0.05) is 59.8 Å². The Balaban J connectivity index is 1.51. The molecule has 0 aliphatic rings. The quantitative estimate of drug-likeness (QED) is 0.599. The molecule has 6 nitrogen and oxygen atoms in total. The van der Waals surface area contributed by atoms with Crippen LogP contribution < -0.4 is 11.1 Å². The zero-order chi connectivity index (χ0) is 18.4. The first-order chi connectivity index (χ1) is 12.6. The minimum Gasteiger partial charge on any atom is -0.414 e. The molecule has 0 saturated heterocycles. The number of carbonyl (C=O) groups is 1. The third-order valence-corrected chi connectivity index (χ3v) is 4.53. The molecule has 8 heteroatoms. The fourth-order valence-corrected chi connectivity index (χ4v) is 3.03. The Bertz CT molecular complexity index is 872. The smallest absolute Gasteiger partial charge is 0.277 e. The molecule has 3 rings (SSSR count). The molecule has 0 fully saturated rings. The van der Waals surface area contributed by atoms with Crippen LogP contribution in [0.2, 0.25) is 5.02 Å². The zero-order valence-electron chi connectivity index (χ0n) is 13.8. The second-order valence-electron chi connectivity index (χ2n) is 5.55. The van der Waals surface area contributed by atoms with Gasteiger partial charge in [0.25, 0.3) is 5.22 Å². The topological polar surface area (TPSA) is 94.0 Å². The summed E-state index contributed by atoms with van der Waals surface area (Å²) in [4.78, 5) is 12.0. The SMILES string of the molecule is NC(Cc1ccccc1)c1nnc(SCC(=O)Nc2cccc(Cl)c2)o1. The summed E-state index contributed by atoms with van der Waals surface area (Å²) in [5, 5.41) is 11.5. The van der Waals surface area contributed by atoms with E-state index in [1.54, 1.807) is 24.3 Å². The normalized spacial score (nSPS) is 11.9. The Kier molecular flexibility index (Phi) is 6.27. The molecule has 134 valence electrons. The zero-order valence-corrected chi connectivity index (χ0v) is 15.3. The summed E-state index contributed by atoms with van der Waals surface area (Å²) < 4.78 is 5.55. The third kappa shape index (κ3) is 5.32. The highest BCUT2D eigenvalue weighted by Crippen LogP contribution is 2.21. The van der Waals surface area contributed by atoms with Gasteiger partial charge in [0.1, 0.15) is 0 Å². The van der Waals surface area contributed by atoms with Crippen molar-refractivity contribution in [3.63, 3.8) is 0 Å². The van der Waals surface area contributed by atoms with E-state index in [1.807, 2.05) is 30.3 Å². The molecular formula is C18H17ClN4O2S. The summed E-state index contributed by atoms with van der Waals surface area (Å²) in [6.45, 7) is 0. The second kappa shape index (κ2) is 8.84. The fourth-order valence-electron chi connectivity index (χ4n) is 2.27. The molecule has 0 aliphatic carbocycles. The van der Waals surface area contributed by atoms with Gasteiger partial charge in [0.05, 0.1) is 11.8 Å². The maximum absolute atomic E-state index is 12.0. The maximum Gasteiger partial charge on any atom is 0.277 e. The van der Waals surface area contributed by atoms with Crippen molar-refractivity contribution in [1.82, 2.24) is 10.2 Å². The molecule has 3 N–H and O–H groups in total. The predicted octanol–water partition coefficient (Wildman–Crippen LogP) is 3.70. The van der Waals surface area contributed by atoms with Gasteiger partial charge in [-0.25, -0.2) is 0 Å². The molecule has 0 saturated carbocycles. The molecule has 0 aliphatic heterocycles. The van der Waals surface area contributed by atoms with E-state index in [-0.39, 0.29) is 17.7 Å². The summed E-state index contributed by atoms with van der Waals surface area (Å²) in [6, 6.07) is 16.4. The Morgan fingerprint density at radius 2 is 2.00 bits per heavy atom. The van der Waals surface area contributed by atoms with Crippen molar-refractivity contribution in [3.05, 3.63) is 71.1 Å². The van der Waals surface area contributed by atoms with E-state index in [0.717, 1.165) is 17.3 Å². The fraction of sp³-hybridized carbons (Fsp3) is 0.167. The molecule has 3 aromatic rings. The van der Waals surface area contributed by atoms with Crippen molar-refractivity contribution >= 4 is 35.0 Å². The number of thioether (sulfide) groups is 1. The third-order valence-electron chi connectivity index (χ3n) is 3.47. The number of nitrogens with zero attached hydrogens (tertiary/aromatic N) is 2. The van der Waals surface area contributed by atoms with E-state index in [0.29, 0.717) is 28.2 Å². The van der Waals surface area contributed by atoms with E-state index >= 15 is 0 Å². The average molecular weight is 389 g/mol. The number of benzene rings is 2. The molecule has 1 aromatic heterocycles.